The summed E-state index contributed by atoms with van der Waals surface area (Å²) in [5.74, 6) is 1.30. The fourth-order valence-electron chi connectivity index (χ4n) is 4.59. The van der Waals surface area contributed by atoms with Crippen LogP contribution in [0.5, 0.6) is 0 Å². The van der Waals surface area contributed by atoms with Crippen LogP contribution < -0.4 is 5.73 Å². The number of nitrogens with zero attached hydrogens (tertiary/aromatic N) is 2. The maximum Gasteiger partial charge on any atom is 0.232 e. The molecule has 152 valence electrons. The summed E-state index contributed by atoms with van der Waals surface area (Å²) in [6.45, 7) is 2.58. The summed E-state index contributed by atoms with van der Waals surface area (Å²) in [5, 5.41) is 1.24. The van der Waals surface area contributed by atoms with Gasteiger partial charge in [-0.1, -0.05) is 60.3 Å². The van der Waals surface area contributed by atoms with E-state index in [0.29, 0.717) is 30.8 Å². The van der Waals surface area contributed by atoms with Gasteiger partial charge in [-0.3, -0.25) is 9.69 Å². The summed E-state index contributed by atoms with van der Waals surface area (Å²) in [5.41, 5.74) is 8.05. The number of carbonyl (C=O) groups is 1. The first-order valence-electron chi connectivity index (χ1n) is 10.5. The quantitative estimate of drug-likeness (QED) is 0.702. The molecule has 4 unspecified atom stereocenters. The van der Waals surface area contributed by atoms with Crippen LogP contribution in [0.15, 0.2) is 76.1 Å². The van der Waals surface area contributed by atoms with E-state index in [0.717, 1.165) is 31.3 Å². The molecule has 29 heavy (non-hydrogen) atoms. The minimum absolute atomic E-state index is 0.0552. The Kier molecular flexibility index (Phi) is 5.74. The van der Waals surface area contributed by atoms with Crippen LogP contribution in [-0.4, -0.2) is 28.9 Å². The zero-order valence-electron chi connectivity index (χ0n) is 17.1. The third-order valence-electron chi connectivity index (χ3n) is 6.29. The monoisotopic (exact) mass is 407 g/mol. The van der Waals surface area contributed by atoms with Crippen molar-refractivity contribution in [3.05, 3.63) is 71.1 Å². The summed E-state index contributed by atoms with van der Waals surface area (Å²) < 4.78 is 0. The molecule has 0 aromatic rings. The van der Waals surface area contributed by atoms with Crippen molar-refractivity contribution in [1.82, 2.24) is 4.90 Å². The first-order valence-corrected chi connectivity index (χ1v) is 11.1. The molecule has 0 fully saturated rings. The van der Waals surface area contributed by atoms with Crippen LogP contribution in [0, 0.1) is 11.8 Å². The molecule has 0 bridgehead atoms. The van der Waals surface area contributed by atoms with Crippen LogP contribution in [0.25, 0.3) is 0 Å². The molecule has 0 aromatic carbocycles. The van der Waals surface area contributed by atoms with Crippen LogP contribution in [0.1, 0.15) is 39.0 Å². The molecule has 4 rings (SSSR count). The van der Waals surface area contributed by atoms with Crippen LogP contribution in [0.4, 0.5) is 0 Å². The topological polar surface area (TPSA) is 58.7 Å². The van der Waals surface area contributed by atoms with Crippen LogP contribution in [0.3, 0.4) is 0 Å². The molecule has 5 heteroatoms. The van der Waals surface area contributed by atoms with Crippen LogP contribution in [0.2, 0.25) is 0 Å². The molecule has 4 nitrogen and oxygen atoms in total. The molecule has 0 spiro atoms. The number of aliphatic imine (C=N–C) groups is 1. The second kappa shape index (κ2) is 8.28. The van der Waals surface area contributed by atoms with E-state index >= 15 is 0 Å². The Hall–Kier alpha value is -2.19. The molecule has 0 radical (unpaired) electrons. The van der Waals surface area contributed by atoms with Gasteiger partial charge in [0, 0.05) is 0 Å². The van der Waals surface area contributed by atoms with Gasteiger partial charge >= 0.3 is 0 Å². The molecule has 0 saturated heterocycles. The Morgan fingerprint density at radius 3 is 2.66 bits per heavy atom. The Bertz CT molecular complexity index is 905. The largest absolute Gasteiger partial charge is 0.369 e. The van der Waals surface area contributed by atoms with E-state index in [1.165, 1.54) is 10.9 Å². The van der Waals surface area contributed by atoms with Gasteiger partial charge < -0.3 is 5.73 Å². The van der Waals surface area contributed by atoms with Crippen LogP contribution in [-0.2, 0) is 4.79 Å². The average molecular weight is 407 g/mol. The van der Waals surface area contributed by atoms with E-state index in [1.807, 2.05) is 6.92 Å². The Balaban J connectivity index is 1.55. The van der Waals surface area contributed by atoms with Crippen LogP contribution >= 0.6 is 9.24 Å². The normalized spacial score (nSPS) is 31.9. The number of hydrogen-bond donors (Lipinski definition) is 1. The van der Waals surface area contributed by atoms with Crippen molar-refractivity contribution in [1.29, 1.82) is 0 Å². The highest BCUT2D eigenvalue weighted by Crippen LogP contribution is 2.38. The van der Waals surface area contributed by atoms with Crippen molar-refractivity contribution in [2.24, 2.45) is 22.6 Å². The van der Waals surface area contributed by atoms with Gasteiger partial charge in [0.15, 0.2) is 5.96 Å². The summed E-state index contributed by atoms with van der Waals surface area (Å²) in [7, 11) is 2.80. The molecule has 1 aliphatic heterocycles. The third kappa shape index (κ3) is 4.38. The highest BCUT2D eigenvalue weighted by molar-refractivity contribution is 7.22. The number of nitrogens with two attached hydrogens (primary N) is 1. The lowest BCUT2D eigenvalue weighted by atomic mass is 9.76. The van der Waals surface area contributed by atoms with E-state index in [1.54, 1.807) is 4.90 Å². The minimum atomic E-state index is -0.592. The number of guanidine groups is 1. The smallest absolute Gasteiger partial charge is 0.232 e. The zero-order valence-corrected chi connectivity index (χ0v) is 18.2. The minimum Gasteiger partial charge on any atom is -0.369 e. The lowest BCUT2D eigenvalue weighted by molar-refractivity contribution is -0.128. The molecule has 2 N–H and O–H groups in total. The van der Waals surface area contributed by atoms with Gasteiger partial charge in [0.1, 0.15) is 0 Å². The van der Waals surface area contributed by atoms with Gasteiger partial charge in [0.25, 0.3) is 0 Å². The van der Waals surface area contributed by atoms with Crippen molar-refractivity contribution in [3.8, 4) is 0 Å². The maximum atomic E-state index is 13.0. The van der Waals surface area contributed by atoms with Crippen molar-refractivity contribution >= 4 is 21.1 Å². The van der Waals surface area contributed by atoms with Gasteiger partial charge in [-0.25, -0.2) is 4.99 Å². The molecule has 1 heterocycles. The third-order valence-corrected chi connectivity index (χ3v) is 6.68. The number of allylic oxidation sites excluding steroid dienone is 9. The van der Waals surface area contributed by atoms with Crippen molar-refractivity contribution < 1.29 is 4.79 Å². The van der Waals surface area contributed by atoms with E-state index in [9.17, 15) is 4.79 Å². The van der Waals surface area contributed by atoms with Gasteiger partial charge in [-0.2, -0.15) is 0 Å². The first-order chi connectivity index (χ1) is 13.9. The predicted molar refractivity (Wildman–Crippen MR) is 123 cm³/mol. The second-order valence-electron chi connectivity index (χ2n) is 8.58. The SMILES string of the molecule is CC1(C2=CC(C3C=C(P)C=CC3)CC=C2)CC(=O)N(CC2=CC=CCC2)C(N)=N1. The number of amides is 1. The predicted octanol–water partition coefficient (Wildman–Crippen LogP) is 4.41. The molecular weight excluding hydrogens is 377 g/mol. The summed E-state index contributed by atoms with van der Waals surface area (Å²) in [6.07, 6.45) is 24.1. The van der Waals surface area contributed by atoms with E-state index in [4.69, 9.17) is 10.7 Å². The molecular formula is C24H30N3OP. The summed E-state index contributed by atoms with van der Waals surface area (Å²) in [6, 6.07) is 0. The van der Waals surface area contributed by atoms with Gasteiger partial charge in [0.05, 0.1) is 18.5 Å². The average Bonchev–Trinajstić information content (AvgIpc) is 2.72. The lowest BCUT2D eigenvalue weighted by Gasteiger charge is -2.38. The summed E-state index contributed by atoms with van der Waals surface area (Å²) >= 11 is 0. The standard InChI is InChI=1S/C24H30N3OP/c1-24(20-11-5-9-18(13-20)19-10-6-12-21(29)14-19)15-22(28)27(23(25)26-24)16-17-7-3-2-4-8-17/h2-3,5-7,11-14,18-19H,4,8-10,15-16,29H2,1H3,(H2,25,26). The van der Waals surface area contributed by atoms with E-state index < -0.39 is 5.54 Å². The van der Waals surface area contributed by atoms with Gasteiger partial charge in [-0.15, -0.1) is 9.24 Å². The summed E-state index contributed by atoms with van der Waals surface area (Å²) in [4.78, 5) is 19.5. The highest BCUT2D eigenvalue weighted by atomic mass is 31.0. The lowest BCUT2D eigenvalue weighted by Crippen LogP contribution is -2.51. The second-order valence-corrected chi connectivity index (χ2v) is 9.25. The van der Waals surface area contributed by atoms with Crippen molar-refractivity contribution in [2.75, 3.05) is 6.54 Å². The first kappa shape index (κ1) is 20.1. The Labute approximate surface area is 175 Å². The van der Waals surface area contributed by atoms with Crippen molar-refractivity contribution in [2.45, 2.75) is 44.6 Å². The number of hydrogen-bond acceptors (Lipinski definition) is 3. The molecule has 0 aromatic heterocycles. The fourth-order valence-corrected chi connectivity index (χ4v) is 4.97. The fraction of sp³-hybridized carbons (Fsp3) is 0.417. The van der Waals surface area contributed by atoms with E-state index in [-0.39, 0.29) is 5.91 Å². The molecule has 4 atom stereocenters. The zero-order chi connectivity index (χ0) is 20.4. The Morgan fingerprint density at radius 1 is 1.21 bits per heavy atom. The molecule has 0 saturated carbocycles. The van der Waals surface area contributed by atoms with Gasteiger partial charge in [-0.05, 0) is 55.3 Å². The highest BCUT2D eigenvalue weighted by Gasteiger charge is 2.39. The number of rotatable bonds is 4. The molecule has 4 aliphatic rings. The van der Waals surface area contributed by atoms with E-state index in [2.05, 4.69) is 63.9 Å². The molecule has 1 amide bonds. The van der Waals surface area contributed by atoms with Gasteiger partial charge in [0.2, 0.25) is 5.91 Å². The number of carbonyl (C=O) groups excluding carboxylic acids is 1. The molecule has 3 aliphatic carbocycles. The van der Waals surface area contributed by atoms with Crippen molar-refractivity contribution in [3.63, 3.8) is 0 Å². The maximum absolute atomic E-state index is 13.0. The Morgan fingerprint density at radius 2 is 1.97 bits per heavy atom.